The summed E-state index contributed by atoms with van der Waals surface area (Å²) in [6, 6.07) is 0. The Bertz CT molecular complexity index is 114. The highest BCUT2D eigenvalue weighted by atomic mass is 15.1. The summed E-state index contributed by atoms with van der Waals surface area (Å²) in [7, 11) is 0. The molecule has 0 amide bonds. The monoisotopic (exact) mass is 170 g/mol. The summed E-state index contributed by atoms with van der Waals surface area (Å²) in [4.78, 5) is 2.59. The predicted molar refractivity (Wildman–Crippen MR) is 53.1 cm³/mol. The first-order chi connectivity index (χ1) is 5.83. The van der Waals surface area contributed by atoms with E-state index in [2.05, 4.69) is 11.8 Å². The fraction of sp³-hybridized carbons (Fsp3) is 1.00. The Balaban J connectivity index is 2.06. The van der Waals surface area contributed by atoms with Crippen LogP contribution in [0.1, 0.15) is 32.6 Å². The first-order valence-electron chi connectivity index (χ1n) is 5.25. The van der Waals surface area contributed by atoms with Crippen LogP contribution >= 0.6 is 0 Å². The summed E-state index contributed by atoms with van der Waals surface area (Å²) in [5.41, 5.74) is 5.45. The average Bonchev–Trinajstić information content (AvgIpc) is 2.05. The van der Waals surface area contributed by atoms with Crippen LogP contribution in [0.5, 0.6) is 0 Å². The Kier molecular flexibility index (Phi) is 4.62. The lowest BCUT2D eigenvalue weighted by molar-refractivity contribution is 0.181. The molecule has 1 heterocycles. The van der Waals surface area contributed by atoms with Crippen LogP contribution in [0.2, 0.25) is 0 Å². The molecule has 1 unspecified atom stereocenters. The van der Waals surface area contributed by atoms with E-state index in [4.69, 9.17) is 5.73 Å². The molecule has 2 N–H and O–H groups in total. The highest BCUT2D eigenvalue weighted by molar-refractivity contribution is 4.69. The van der Waals surface area contributed by atoms with E-state index in [1.165, 1.54) is 45.3 Å². The standard InChI is InChI=1S/C10H22N2/c1-10-5-4-8-12(9-10)7-3-2-6-11/h10H,2-9,11H2,1H3. The van der Waals surface area contributed by atoms with Gasteiger partial charge in [0.1, 0.15) is 0 Å². The molecule has 0 aromatic rings. The van der Waals surface area contributed by atoms with Crippen LogP contribution in [0.3, 0.4) is 0 Å². The van der Waals surface area contributed by atoms with E-state index in [9.17, 15) is 0 Å². The molecule has 1 rings (SSSR count). The minimum Gasteiger partial charge on any atom is -0.330 e. The van der Waals surface area contributed by atoms with Crippen molar-refractivity contribution in [3.63, 3.8) is 0 Å². The lowest BCUT2D eigenvalue weighted by Crippen LogP contribution is -2.35. The summed E-state index contributed by atoms with van der Waals surface area (Å²) in [5.74, 6) is 0.914. The van der Waals surface area contributed by atoms with Crippen molar-refractivity contribution in [3.8, 4) is 0 Å². The van der Waals surface area contributed by atoms with Crippen molar-refractivity contribution in [1.82, 2.24) is 4.90 Å². The van der Waals surface area contributed by atoms with E-state index in [1.807, 2.05) is 0 Å². The van der Waals surface area contributed by atoms with Gasteiger partial charge in [-0.25, -0.2) is 0 Å². The first kappa shape index (κ1) is 10.0. The summed E-state index contributed by atoms with van der Waals surface area (Å²) in [5, 5.41) is 0. The van der Waals surface area contributed by atoms with E-state index in [0.29, 0.717) is 0 Å². The highest BCUT2D eigenvalue weighted by Crippen LogP contribution is 2.15. The minimum atomic E-state index is 0.851. The maximum atomic E-state index is 5.45. The van der Waals surface area contributed by atoms with Gasteiger partial charge >= 0.3 is 0 Å². The minimum absolute atomic E-state index is 0.851. The second-order valence-electron chi connectivity index (χ2n) is 4.04. The molecule has 1 aliphatic rings. The quantitative estimate of drug-likeness (QED) is 0.647. The van der Waals surface area contributed by atoms with E-state index in [-0.39, 0.29) is 0 Å². The van der Waals surface area contributed by atoms with Crippen LogP contribution in [-0.2, 0) is 0 Å². The zero-order chi connectivity index (χ0) is 8.81. The Morgan fingerprint density at radius 2 is 2.25 bits per heavy atom. The van der Waals surface area contributed by atoms with Crippen molar-refractivity contribution >= 4 is 0 Å². The van der Waals surface area contributed by atoms with Crippen LogP contribution in [0.4, 0.5) is 0 Å². The lowest BCUT2D eigenvalue weighted by Gasteiger charge is -2.30. The average molecular weight is 170 g/mol. The molecule has 72 valence electrons. The maximum absolute atomic E-state index is 5.45. The van der Waals surface area contributed by atoms with Gasteiger partial charge in [-0.3, -0.25) is 0 Å². The third-order valence-corrected chi connectivity index (χ3v) is 2.67. The molecule has 0 spiro atoms. The number of hydrogen-bond acceptors (Lipinski definition) is 2. The predicted octanol–water partition coefficient (Wildman–Crippen LogP) is 1.46. The Morgan fingerprint density at radius 3 is 2.92 bits per heavy atom. The summed E-state index contributed by atoms with van der Waals surface area (Å²) >= 11 is 0. The topological polar surface area (TPSA) is 29.3 Å². The van der Waals surface area contributed by atoms with Gasteiger partial charge in [0.25, 0.3) is 0 Å². The molecule has 0 aromatic heterocycles. The SMILES string of the molecule is CC1CCCN(CCCCN)C1. The van der Waals surface area contributed by atoms with Gasteiger partial charge in [-0.05, 0) is 51.2 Å². The summed E-state index contributed by atoms with van der Waals surface area (Å²) in [6.07, 6.45) is 5.28. The number of likely N-dealkylation sites (tertiary alicyclic amines) is 1. The van der Waals surface area contributed by atoms with Gasteiger partial charge in [0.15, 0.2) is 0 Å². The number of rotatable bonds is 4. The lowest BCUT2D eigenvalue weighted by atomic mass is 10.0. The summed E-state index contributed by atoms with van der Waals surface area (Å²) < 4.78 is 0. The maximum Gasteiger partial charge on any atom is 0.000703 e. The van der Waals surface area contributed by atoms with Gasteiger partial charge in [0.2, 0.25) is 0 Å². The molecule has 2 nitrogen and oxygen atoms in total. The third-order valence-electron chi connectivity index (χ3n) is 2.67. The Hall–Kier alpha value is -0.0800. The first-order valence-corrected chi connectivity index (χ1v) is 5.25. The van der Waals surface area contributed by atoms with Crippen molar-refractivity contribution in [1.29, 1.82) is 0 Å². The molecule has 1 atom stereocenters. The number of hydrogen-bond donors (Lipinski definition) is 1. The van der Waals surface area contributed by atoms with Crippen LogP contribution in [-0.4, -0.2) is 31.1 Å². The van der Waals surface area contributed by atoms with E-state index in [1.54, 1.807) is 0 Å². The van der Waals surface area contributed by atoms with E-state index >= 15 is 0 Å². The van der Waals surface area contributed by atoms with Crippen molar-refractivity contribution in [2.75, 3.05) is 26.2 Å². The number of nitrogens with zero attached hydrogens (tertiary/aromatic N) is 1. The fourth-order valence-electron chi connectivity index (χ4n) is 1.97. The van der Waals surface area contributed by atoms with Gasteiger partial charge in [0.05, 0.1) is 0 Å². The molecule has 2 heteroatoms. The van der Waals surface area contributed by atoms with Crippen molar-refractivity contribution < 1.29 is 0 Å². The second kappa shape index (κ2) is 5.55. The summed E-state index contributed by atoms with van der Waals surface area (Å²) in [6.45, 7) is 7.10. The molecule has 12 heavy (non-hydrogen) atoms. The van der Waals surface area contributed by atoms with Gasteiger partial charge < -0.3 is 10.6 Å². The van der Waals surface area contributed by atoms with Gasteiger partial charge in [0, 0.05) is 6.54 Å². The number of piperidine rings is 1. The van der Waals surface area contributed by atoms with E-state index < -0.39 is 0 Å². The van der Waals surface area contributed by atoms with Crippen molar-refractivity contribution in [2.45, 2.75) is 32.6 Å². The molecule has 0 radical (unpaired) electrons. The van der Waals surface area contributed by atoms with Gasteiger partial charge in [-0.15, -0.1) is 0 Å². The van der Waals surface area contributed by atoms with Crippen LogP contribution in [0, 0.1) is 5.92 Å². The van der Waals surface area contributed by atoms with Crippen molar-refractivity contribution in [3.05, 3.63) is 0 Å². The molecular weight excluding hydrogens is 148 g/mol. The van der Waals surface area contributed by atoms with Crippen LogP contribution < -0.4 is 5.73 Å². The van der Waals surface area contributed by atoms with Gasteiger partial charge in [-0.1, -0.05) is 6.92 Å². The highest BCUT2D eigenvalue weighted by Gasteiger charge is 2.14. The molecule has 0 aromatic carbocycles. The number of unbranched alkanes of at least 4 members (excludes halogenated alkanes) is 1. The Labute approximate surface area is 76.1 Å². The molecule has 0 saturated carbocycles. The normalized spacial score (nSPS) is 26.0. The van der Waals surface area contributed by atoms with E-state index in [0.717, 1.165) is 12.5 Å². The van der Waals surface area contributed by atoms with Crippen LogP contribution in [0.25, 0.3) is 0 Å². The molecular formula is C10H22N2. The van der Waals surface area contributed by atoms with Crippen molar-refractivity contribution in [2.24, 2.45) is 11.7 Å². The Morgan fingerprint density at radius 1 is 1.42 bits per heavy atom. The zero-order valence-electron chi connectivity index (χ0n) is 8.26. The second-order valence-corrected chi connectivity index (χ2v) is 4.04. The smallest absolute Gasteiger partial charge is 0.000703 e. The molecule has 1 fully saturated rings. The fourth-order valence-corrected chi connectivity index (χ4v) is 1.97. The van der Waals surface area contributed by atoms with Crippen LogP contribution in [0.15, 0.2) is 0 Å². The zero-order valence-corrected chi connectivity index (χ0v) is 8.26. The number of nitrogens with two attached hydrogens (primary N) is 1. The molecule has 0 bridgehead atoms. The third kappa shape index (κ3) is 3.55. The molecule has 1 aliphatic heterocycles. The van der Waals surface area contributed by atoms with Gasteiger partial charge in [-0.2, -0.15) is 0 Å². The largest absolute Gasteiger partial charge is 0.330 e. The molecule has 0 aliphatic carbocycles. The molecule has 1 saturated heterocycles.